The minimum Gasteiger partial charge on any atom is -0.412 e. The summed E-state index contributed by atoms with van der Waals surface area (Å²) in [6.07, 6.45) is -33.6. The van der Waals surface area contributed by atoms with Crippen LogP contribution in [0.2, 0.25) is 0 Å². The molecule has 4 fully saturated rings. The molecule has 4 aliphatic heterocycles. The van der Waals surface area contributed by atoms with E-state index in [1.165, 1.54) is 19.9 Å². The summed E-state index contributed by atoms with van der Waals surface area (Å²) in [5.41, 5.74) is 0. The van der Waals surface area contributed by atoms with Gasteiger partial charge in [0.1, 0.15) is 91.6 Å². The molecule has 298 valence electrons. The Labute approximate surface area is 291 Å². The molecular formula is C29H51NO21. The summed E-state index contributed by atoms with van der Waals surface area (Å²) in [5.74, 6) is -0.568. The van der Waals surface area contributed by atoms with Gasteiger partial charge in [0, 0.05) is 13.5 Å². The average Bonchev–Trinajstić information content (AvgIpc) is 3.09. The monoisotopic (exact) mass is 749 g/mol. The van der Waals surface area contributed by atoms with E-state index in [4.69, 9.17) is 33.2 Å². The molecule has 22 heteroatoms. The van der Waals surface area contributed by atoms with E-state index in [2.05, 4.69) is 6.58 Å². The summed E-state index contributed by atoms with van der Waals surface area (Å²) in [4.78, 5) is 13.3. The molecule has 0 aliphatic carbocycles. The first-order valence-electron chi connectivity index (χ1n) is 16.0. The molecule has 0 spiro atoms. The number of aliphatic hydroxyl groups is 12. The number of amides is 1. The Hall–Kier alpha value is -1.59. The number of hydrogen-bond donors (Lipinski definition) is 12. The Kier molecular flexibility index (Phi) is 16.0. The lowest BCUT2D eigenvalue weighted by Gasteiger charge is -2.51. The van der Waals surface area contributed by atoms with Crippen LogP contribution < -0.4 is 0 Å². The molecule has 0 aromatic carbocycles. The second-order valence-corrected chi connectivity index (χ2v) is 12.6. The normalized spacial score (nSPS) is 47.6. The maximum atomic E-state index is 12.3. The van der Waals surface area contributed by atoms with Gasteiger partial charge in [-0.05, 0) is 6.92 Å². The molecule has 51 heavy (non-hydrogen) atoms. The maximum Gasteiger partial charge on any atom is 0.221 e. The van der Waals surface area contributed by atoms with Crippen molar-refractivity contribution < 1.29 is 105 Å². The van der Waals surface area contributed by atoms with Gasteiger partial charge in [-0.2, -0.15) is 0 Å². The highest BCUT2D eigenvalue weighted by Gasteiger charge is 2.56. The van der Waals surface area contributed by atoms with Crippen molar-refractivity contribution in [2.45, 2.75) is 137 Å². The molecule has 1 amide bonds. The number of carbonyl (C=O) groups is 1. The predicted molar refractivity (Wildman–Crippen MR) is 161 cm³/mol. The second kappa shape index (κ2) is 18.6. The van der Waals surface area contributed by atoms with Crippen LogP contribution in [-0.4, -0.2) is 227 Å². The minimum atomic E-state index is -2.00. The highest BCUT2D eigenvalue weighted by atomic mass is 16.8. The molecule has 4 saturated heterocycles. The van der Waals surface area contributed by atoms with Crippen LogP contribution in [0.3, 0.4) is 0 Å². The number of ether oxygens (including phenoxy) is 7. The van der Waals surface area contributed by atoms with Gasteiger partial charge in [-0.25, -0.2) is 0 Å². The fourth-order valence-electron chi connectivity index (χ4n) is 6.26. The van der Waals surface area contributed by atoms with Gasteiger partial charge in [-0.1, -0.05) is 6.08 Å². The standard InChI is InChI=1S/C29H49NO20.H2O/c1-4-5-30(10(3)34)26-20(41)19(40)23(13(8-33)45-26)48-29-25(50-27-21(42)17(38)14(35)9(2)44-27)24(16(37)12(7-32)47-29)49-28-22(43)18(39)15(36)11(6-31)46-28;/h4,9,11-29,31-33,35-43H,1,5-8H2,2-3H3;1H2/t9?,11?,12?,13-,14+,15-,16-,17-,18-,19?,20?,21+,22-,23+,24-,25-,26?,27?,28?,29?;/m0./s1. The highest BCUT2D eigenvalue weighted by molar-refractivity contribution is 5.73. The topological polar surface area (TPSA) is 359 Å². The Morgan fingerprint density at radius 1 is 0.608 bits per heavy atom. The summed E-state index contributed by atoms with van der Waals surface area (Å²) < 4.78 is 40.2. The molecule has 0 saturated carbocycles. The van der Waals surface area contributed by atoms with E-state index in [1.807, 2.05) is 0 Å². The fourth-order valence-corrected chi connectivity index (χ4v) is 6.26. The summed E-state index contributed by atoms with van der Waals surface area (Å²) in [6, 6.07) is 0. The molecule has 14 N–H and O–H groups in total. The zero-order valence-electron chi connectivity index (χ0n) is 27.7. The van der Waals surface area contributed by atoms with Crippen molar-refractivity contribution in [1.82, 2.24) is 4.90 Å². The van der Waals surface area contributed by atoms with Crippen molar-refractivity contribution in [2.24, 2.45) is 0 Å². The van der Waals surface area contributed by atoms with Crippen LogP contribution in [0.25, 0.3) is 0 Å². The molecule has 20 atom stereocenters. The maximum absolute atomic E-state index is 12.3. The fraction of sp³-hybridized carbons (Fsp3) is 0.897. The Morgan fingerprint density at radius 2 is 1.10 bits per heavy atom. The first kappa shape index (κ1) is 43.8. The van der Waals surface area contributed by atoms with Crippen LogP contribution >= 0.6 is 0 Å². The Balaban J connectivity index is 0.00000702. The van der Waals surface area contributed by atoms with Crippen LogP contribution in [0, 0.1) is 0 Å². The van der Waals surface area contributed by atoms with Crippen LogP contribution in [0.1, 0.15) is 13.8 Å². The van der Waals surface area contributed by atoms with E-state index >= 15 is 0 Å². The largest absolute Gasteiger partial charge is 0.412 e. The van der Waals surface area contributed by atoms with Gasteiger partial charge in [0.25, 0.3) is 0 Å². The third-order valence-electron chi connectivity index (χ3n) is 9.21. The van der Waals surface area contributed by atoms with Gasteiger partial charge in [0.05, 0.1) is 25.9 Å². The van der Waals surface area contributed by atoms with Crippen LogP contribution in [0.4, 0.5) is 0 Å². The third-order valence-corrected chi connectivity index (χ3v) is 9.21. The second-order valence-electron chi connectivity index (χ2n) is 12.6. The van der Waals surface area contributed by atoms with Crippen LogP contribution in [0.15, 0.2) is 12.7 Å². The van der Waals surface area contributed by atoms with Crippen molar-refractivity contribution in [1.29, 1.82) is 0 Å². The quantitative estimate of drug-likeness (QED) is 0.0824. The minimum absolute atomic E-state index is 0. The van der Waals surface area contributed by atoms with Crippen molar-refractivity contribution >= 4 is 5.91 Å². The van der Waals surface area contributed by atoms with Gasteiger partial charge in [-0.15, -0.1) is 6.58 Å². The van der Waals surface area contributed by atoms with Crippen molar-refractivity contribution in [3.8, 4) is 0 Å². The molecule has 22 nitrogen and oxygen atoms in total. The molecule has 4 rings (SSSR count). The molecule has 0 bridgehead atoms. The van der Waals surface area contributed by atoms with E-state index in [-0.39, 0.29) is 12.0 Å². The Bertz CT molecular complexity index is 1100. The zero-order chi connectivity index (χ0) is 37.2. The number of hydrogen-bond acceptors (Lipinski definition) is 20. The summed E-state index contributed by atoms with van der Waals surface area (Å²) >= 11 is 0. The van der Waals surface area contributed by atoms with E-state index in [0.29, 0.717) is 0 Å². The highest BCUT2D eigenvalue weighted by Crippen LogP contribution is 2.36. The molecule has 4 heterocycles. The van der Waals surface area contributed by atoms with Crippen molar-refractivity contribution in [3.63, 3.8) is 0 Å². The van der Waals surface area contributed by atoms with Crippen molar-refractivity contribution in [3.05, 3.63) is 12.7 Å². The lowest BCUT2D eigenvalue weighted by atomic mass is 9.95. The zero-order valence-corrected chi connectivity index (χ0v) is 27.7. The van der Waals surface area contributed by atoms with Crippen LogP contribution in [-0.2, 0) is 38.0 Å². The van der Waals surface area contributed by atoms with E-state index in [9.17, 15) is 66.1 Å². The lowest BCUT2D eigenvalue weighted by Crippen LogP contribution is -2.69. The molecule has 0 radical (unpaired) electrons. The predicted octanol–water partition coefficient (Wildman–Crippen LogP) is -8.50. The Morgan fingerprint density at radius 3 is 1.65 bits per heavy atom. The number of nitrogens with zero attached hydrogens (tertiary/aromatic N) is 1. The summed E-state index contributed by atoms with van der Waals surface area (Å²) in [6.45, 7) is 3.35. The SMILES string of the molecule is C=CCN(C(C)=O)C1O[C@@H](CO)[C@@H](OC2OC(CO)[C@H](O)[C@H](OC3OC(CO)[C@H](O)[C@H](O)[C@@H]3O)[C@@H]2OC2OC(C)[C@@H](O)[C@H](O)[C@H]2O)C(O)C1O.O. The molecule has 4 aliphatic rings. The number of carbonyl (C=O) groups excluding carboxylic acids is 1. The smallest absolute Gasteiger partial charge is 0.221 e. The van der Waals surface area contributed by atoms with Gasteiger partial charge in [0.2, 0.25) is 5.91 Å². The molecule has 9 unspecified atom stereocenters. The van der Waals surface area contributed by atoms with Gasteiger partial charge >= 0.3 is 0 Å². The number of rotatable bonds is 12. The number of aliphatic hydroxyl groups excluding tert-OH is 12. The van der Waals surface area contributed by atoms with Crippen molar-refractivity contribution in [2.75, 3.05) is 26.4 Å². The molecular weight excluding hydrogens is 698 g/mol. The lowest BCUT2D eigenvalue weighted by molar-refractivity contribution is -0.402. The van der Waals surface area contributed by atoms with Crippen LogP contribution in [0.5, 0.6) is 0 Å². The first-order chi connectivity index (χ1) is 23.6. The van der Waals surface area contributed by atoms with Gasteiger partial charge in [-0.3, -0.25) is 4.79 Å². The van der Waals surface area contributed by atoms with Gasteiger partial charge in [0.15, 0.2) is 25.1 Å². The first-order valence-corrected chi connectivity index (χ1v) is 16.0. The third kappa shape index (κ3) is 9.04. The van der Waals surface area contributed by atoms with E-state index in [1.54, 1.807) is 0 Å². The summed E-state index contributed by atoms with van der Waals surface area (Å²) in [7, 11) is 0. The molecule has 0 aromatic heterocycles. The van der Waals surface area contributed by atoms with Gasteiger partial charge < -0.3 is 105 Å². The molecule has 0 aromatic rings. The van der Waals surface area contributed by atoms with E-state index in [0.717, 1.165) is 4.90 Å². The van der Waals surface area contributed by atoms with E-state index < -0.39 is 148 Å². The summed E-state index contributed by atoms with van der Waals surface area (Å²) in [5, 5.41) is 126. The average molecular weight is 750 g/mol.